The average molecular weight is 965 g/mol. The molecule has 6 aliphatic rings. The van der Waals surface area contributed by atoms with Gasteiger partial charge in [-0.1, -0.05) is 43.2 Å². The summed E-state index contributed by atoms with van der Waals surface area (Å²) < 4.78 is 48.3. The van der Waals surface area contributed by atoms with Gasteiger partial charge in [0.2, 0.25) is 5.88 Å². The van der Waals surface area contributed by atoms with E-state index in [0.29, 0.717) is 48.6 Å². The molecule has 5 aliphatic heterocycles. The van der Waals surface area contributed by atoms with Gasteiger partial charge in [0.15, 0.2) is 11.4 Å². The number of pyridine rings is 1. The van der Waals surface area contributed by atoms with E-state index in [4.69, 9.17) is 30.8 Å². The average Bonchev–Trinajstić information content (AvgIpc) is 4.09. The number of anilines is 4. The first-order valence-corrected chi connectivity index (χ1v) is 25.2. The van der Waals surface area contributed by atoms with Crippen LogP contribution in [-0.2, 0) is 14.8 Å². The zero-order valence-corrected chi connectivity index (χ0v) is 39.6. The van der Waals surface area contributed by atoms with E-state index >= 15 is 0 Å². The number of allylic oxidation sites excluding steroid dienone is 1. The lowest BCUT2D eigenvalue weighted by Crippen LogP contribution is -2.47. The van der Waals surface area contributed by atoms with Crippen molar-refractivity contribution in [3.63, 3.8) is 0 Å². The first kappa shape index (κ1) is 44.6. The first-order chi connectivity index (χ1) is 32.7. The third kappa shape index (κ3) is 8.72. The van der Waals surface area contributed by atoms with Crippen molar-refractivity contribution in [3.8, 4) is 11.6 Å². The van der Waals surface area contributed by atoms with Gasteiger partial charge in [-0.15, -0.1) is 0 Å². The van der Waals surface area contributed by atoms with Crippen molar-refractivity contribution in [2.45, 2.75) is 62.6 Å². The summed E-state index contributed by atoms with van der Waals surface area (Å²) in [4.78, 5) is 42.7. The number of H-pyrrole nitrogens is 1. The Morgan fingerprint density at radius 2 is 1.82 bits per heavy atom. The summed E-state index contributed by atoms with van der Waals surface area (Å²) in [6.07, 6.45) is 6.14. The number of rotatable bonds is 11. The molecule has 3 saturated heterocycles. The monoisotopic (exact) mass is 963 g/mol. The number of hydrogen-bond acceptors (Lipinski definition) is 14. The molecule has 3 N–H and O–H groups in total. The molecule has 0 unspecified atom stereocenters. The van der Waals surface area contributed by atoms with Crippen LogP contribution in [0.5, 0.6) is 11.6 Å². The van der Waals surface area contributed by atoms with Crippen molar-refractivity contribution in [2.24, 2.45) is 5.41 Å². The van der Waals surface area contributed by atoms with Gasteiger partial charge in [0.25, 0.3) is 21.6 Å². The van der Waals surface area contributed by atoms with Crippen LogP contribution in [0, 0.1) is 15.5 Å². The molecule has 2 bridgehead atoms. The highest BCUT2D eigenvalue weighted by Crippen LogP contribution is 2.45. The van der Waals surface area contributed by atoms with E-state index in [-0.39, 0.29) is 47.8 Å². The summed E-state index contributed by atoms with van der Waals surface area (Å²) in [6.45, 7) is 11.5. The molecule has 0 spiro atoms. The number of amides is 1. The third-order valence-corrected chi connectivity index (χ3v) is 16.0. The number of piperazine rings is 1. The molecule has 0 radical (unpaired) electrons. The topological polar surface area (TPSA) is 188 Å². The Bertz CT molecular complexity index is 2950. The highest BCUT2D eigenvalue weighted by molar-refractivity contribution is 7.90. The van der Waals surface area contributed by atoms with Crippen LogP contribution < -0.4 is 29.3 Å². The van der Waals surface area contributed by atoms with Gasteiger partial charge in [-0.2, -0.15) is 4.98 Å². The number of fused-ring (bicyclic) bond motifs is 5. The Morgan fingerprint density at radius 1 is 1.00 bits per heavy atom. The second kappa shape index (κ2) is 17.6. The minimum Gasteiger partial charge on any atom is -0.489 e. The van der Waals surface area contributed by atoms with Crippen molar-refractivity contribution in [3.05, 3.63) is 105 Å². The Morgan fingerprint density at radius 3 is 2.59 bits per heavy atom. The minimum absolute atomic E-state index is 0.0228. The first-order valence-electron chi connectivity index (χ1n) is 23.3. The van der Waals surface area contributed by atoms with E-state index in [1.807, 2.05) is 41.3 Å². The summed E-state index contributed by atoms with van der Waals surface area (Å²) in [5.74, 6) is -0.500. The number of sulfonamides is 1. The Labute approximate surface area is 399 Å². The molecular weight excluding hydrogens is 910 g/mol. The highest BCUT2D eigenvalue weighted by atomic mass is 35.5. The van der Waals surface area contributed by atoms with Crippen molar-refractivity contribution in [2.75, 3.05) is 87.3 Å². The van der Waals surface area contributed by atoms with Crippen LogP contribution >= 0.6 is 11.6 Å². The molecule has 68 heavy (non-hydrogen) atoms. The van der Waals surface area contributed by atoms with Crippen molar-refractivity contribution in [1.82, 2.24) is 24.5 Å². The molecule has 17 nitrogen and oxygen atoms in total. The molecule has 1 amide bonds. The van der Waals surface area contributed by atoms with E-state index in [1.165, 1.54) is 22.8 Å². The zero-order chi connectivity index (χ0) is 46.9. The van der Waals surface area contributed by atoms with Gasteiger partial charge in [-0.05, 0) is 84.7 Å². The third-order valence-electron chi connectivity index (χ3n) is 14.4. The number of nitro groups is 1. The maximum atomic E-state index is 14.5. The van der Waals surface area contributed by atoms with Crippen LogP contribution in [0.1, 0.15) is 55.5 Å². The molecule has 7 heterocycles. The van der Waals surface area contributed by atoms with Crippen LogP contribution in [0.15, 0.2) is 83.4 Å². The molecular formula is C49H54ClN9O8S. The van der Waals surface area contributed by atoms with E-state index in [1.54, 1.807) is 12.3 Å². The van der Waals surface area contributed by atoms with Gasteiger partial charge in [0, 0.05) is 86.3 Å². The zero-order valence-electron chi connectivity index (χ0n) is 38.0. The van der Waals surface area contributed by atoms with Crippen LogP contribution in [-0.4, -0.2) is 129 Å². The number of aromatic nitrogens is 2. The smallest absolute Gasteiger partial charge is 0.297 e. The summed E-state index contributed by atoms with van der Waals surface area (Å²) in [5.41, 5.74) is 6.69. The van der Waals surface area contributed by atoms with Crippen molar-refractivity contribution in [1.29, 1.82) is 0 Å². The molecule has 5 aromatic rings. The largest absolute Gasteiger partial charge is 0.489 e. The van der Waals surface area contributed by atoms with Gasteiger partial charge in [0.1, 0.15) is 24.5 Å². The number of carbonyl (C=O) groups is 1. The molecule has 11 rings (SSSR count). The second-order valence-corrected chi connectivity index (χ2v) is 21.7. The molecule has 356 valence electrons. The van der Waals surface area contributed by atoms with Crippen LogP contribution in [0.25, 0.3) is 16.6 Å². The molecule has 3 aromatic carbocycles. The Kier molecular flexibility index (Phi) is 11.5. The summed E-state index contributed by atoms with van der Waals surface area (Å²) in [5, 5.41) is 17.3. The second-order valence-electron chi connectivity index (χ2n) is 19.6. The lowest BCUT2D eigenvalue weighted by molar-refractivity contribution is -0.384. The van der Waals surface area contributed by atoms with E-state index in [2.05, 4.69) is 55.7 Å². The number of morpholine rings is 1. The lowest BCUT2D eigenvalue weighted by atomic mass is 9.72. The van der Waals surface area contributed by atoms with Gasteiger partial charge in [-0.3, -0.25) is 24.7 Å². The molecule has 0 saturated carbocycles. The SMILES string of the molecule is CC1(C)CCC(CN2CCN(c3ccc(C(=O)NS(=O)(=O)c4cc5c(c([N+](=O)[O-])c4)N[C@@H](CN4C[C@@H]6C[C@H]4CO6)CO5)c(N4CCOc5nc6[nH]ccc6cc54)c3)CC2)=C(c2ccc(Cl)cc2)C1. The van der Waals surface area contributed by atoms with Crippen molar-refractivity contribution < 1.29 is 32.3 Å². The van der Waals surface area contributed by atoms with Crippen LogP contribution in [0.3, 0.4) is 0 Å². The normalized spacial score (nSPS) is 22.6. The predicted octanol–water partition coefficient (Wildman–Crippen LogP) is 7.21. The van der Waals surface area contributed by atoms with Gasteiger partial charge < -0.3 is 34.3 Å². The fourth-order valence-corrected chi connectivity index (χ4v) is 11.9. The van der Waals surface area contributed by atoms with Crippen molar-refractivity contribution >= 4 is 72.6 Å². The summed E-state index contributed by atoms with van der Waals surface area (Å²) >= 11 is 6.28. The molecule has 2 aromatic heterocycles. The number of carbonyl (C=O) groups excluding carboxylic acids is 1. The van der Waals surface area contributed by atoms with Gasteiger partial charge in [-0.25, -0.2) is 13.1 Å². The molecule has 1 aliphatic carbocycles. The number of nitrogens with zero attached hydrogens (tertiary/aromatic N) is 6. The Hall–Kier alpha value is -5.92. The summed E-state index contributed by atoms with van der Waals surface area (Å²) in [7, 11) is -4.66. The van der Waals surface area contributed by atoms with E-state index in [0.717, 1.165) is 87.1 Å². The maximum Gasteiger partial charge on any atom is 0.297 e. The number of halogens is 1. The Balaban J connectivity index is 0.857. The maximum absolute atomic E-state index is 14.5. The predicted molar refractivity (Wildman–Crippen MR) is 260 cm³/mol. The fourth-order valence-electron chi connectivity index (χ4n) is 10.8. The molecule has 3 atom stereocenters. The fraction of sp³-hybridized carbons (Fsp3) is 0.429. The number of nitro benzene ring substituents is 1. The molecule has 19 heteroatoms. The van der Waals surface area contributed by atoms with Gasteiger partial charge in [0.05, 0.1) is 46.4 Å². The number of likely N-dealkylation sites (tertiary alicyclic amines) is 1. The number of benzene rings is 3. The number of hydrogen-bond donors (Lipinski definition) is 3. The molecule has 3 fully saturated rings. The minimum atomic E-state index is -4.66. The quantitative estimate of drug-likeness (QED) is 0.0891. The number of ether oxygens (including phenoxy) is 3. The van der Waals surface area contributed by atoms with Crippen LogP contribution in [0.2, 0.25) is 5.02 Å². The standard InChI is InChI=1S/C49H54ClN9O8S/c1-49(2)11-9-32(40(24-49)30-3-5-33(50)6-4-30)25-55-13-15-56(16-14-55)35-7-8-39(41(21-35)58-17-18-65-48-43(58)19-31-10-12-51-46(31)53-48)47(60)54-68(63,64)38-22-42(59(61)62)45-44(23-38)67-28-34(52-45)26-57-27-37-20-36(57)29-66-37/h3-8,10,12,19,21-23,34,36-37,52H,9,11,13-18,20,24-29H2,1-2H3,(H,51,53)(H,54,60)/t34-,36-,37-/m0/s1. The number of aromatic amines is 1. The highest BCUT2D eigenvalue weighted by Gasteiger charge is 2.41. The van der Waals surface area contributed by atoms with Crippen LogP contribution in [0.4, 0.5) is 28.4 Å². The van der Waals surface area contributed by atoms with E-state index in [9.17, 15) is 23.3 Å². The van der Waals surface area contributed by atoms with Gasteiger partial charge >= 0.3 is 0 Å². The van der Waals surface area contributed by atoms with E-state index < -0.39 is 31.4 Å². The lowest BCUT2D eigenvalue weighted by Gasteiger charge is -2.39. The summed E-state index contributed by atoms with van der Waals surface area (Å²) in [6, 6.07) is 19.7. The number of nitrogens with one attached hydrogen (secondary N) is 3.